The monoisotopic (exact) mass is 307 g/mol. The zero-order valence-corrected chi connectivity index (χ0v) is 12.7. The number of rotatable bonds is 7. The first-order valence-corrected chi connectivity index (χ1v) is 7.79. The van der Waals surface area contributed by atoms with Gasteiger partial charge in [-0.1, -0.05) is 13.3 Å². The zero-order chi connectivity index (χ0) is 15.1. The van der Waals surface area contributed by atoms with Crippen molar-refractivity contribution in [3.63, 3.8) is 0 Å². The molecule has 0 saturated carbocycles. The van der Waals surface area contributed by atoms with Crippen molar-refractivity contribution in [1.82, 2.24) is 10.3 Å². The number of halogens is 1. The van der Waals surface area contributed by atoms with E-state index in [9.17, 15) is 9.18 Å². The number of thiazole rings is 1. The fraction of sp³-hybridized carbons (Fsp3) is 0.333. The van der Waals surface area contributed by atoms with Crippen molar-refractivity contribution in [3.05, 3.63) is 41.2 Å². The molecule has 0 radical (unpaired) electrons. The molecular weight excluding hydrogens is 289 g/mol. The molecule has 2 N–H and O–H groups in total. The molecule has 6 heteroatoms. The number of anilines is 2. The molecule has 1 heterocycles. The van der Waals surface area contributed by atoms with Crippen LogP contribution in [0, 0.1) is 5.82 Å². The average molecular weight is 307 g/mol. The lowest BCUT2D eigenvalue weighted by Crippen LogP contribution is -2.26. The Morgan fingerprint density at radius 2 is 2.10 bits per heavy atom. The highest BCUT2D eigenvalue weighted by molar-refractivity contribution is 7.13. The van der Waals surface area contributed by atoms with Crippen LogP contribution in [0.4, 0.5) is 15.2 Å². The first-order chi connectivity index (χ1) is 10.2. The van der Waals surface area contributed by atoms with Gasteiger partial charge in [0.15, 0.2) is 5.13 Å². The molecule has 0 spiro atoms. The third-order valence-electron chi connectivity index (χ3n) is 2.84. The summed E-state index contributed by atoms with van der Waals surface area (Å²) in [7, 11) is 0. The van der Waals surface area contributed by atoms with Crippen LogP contribution in [0.5, 0.6) is 0 Å². The zero-order valence-electron chi connectivity index (χ0n) is 11.9. The second kappa shape index (κ2) is 7.73. The van der Waals surface area contributed by atoms with E-state index in [1.165, 1.54) is 23.5 Å². The number of hydrogen-bond donors (Lipinski definition) is 2. The number of carbonyl (C=O) groups is 1. The van der Waals surface area contributed by atoms with Crippen LogP contribution < -0.4 is 10.6 Å². The first kappa shape index (κ1) is 15.4. The molecule has 112 valence electrons. The quantitative estimate of drug-likeness (QED) is 0.770. The number of aromatic nitrogens is 1. The summed E-state index contributed by atoms with van der Waals surface area (Å²) in [5.41, 5.74) is 1.50. The SMILES string of the molecule is CCCCNC(=O)Cc1csc(Nc2ccc(F)cc2)n1. The molecule has 0 unspecified atom stereocenters. The number of benzene rings is 1. The first-order valence-electron chi connectivity index (χ1n) is 6.91. The van der Waals surface area contributed by atoms with Gasteiger partial charge in [0.1, 0.15) is 5.82 Å². The van der Waals surface area contributed by atoms with Crippen molar-refractivity contribution in [2.75, 3.05) is 11.9 Å². The van der Waals surface area contributed by atoms with Gasteiger partial charge in [0, 0.05) is 17.6 Å². The lowest BCUT2D eigenvalue weighted by Gasteiger charge is -2.02. The van der Waals surface area contributed by atoms with Gasteiger partial charge in [0.05, 0.1) is 12.1 Å². The van der Waals surface area contributed by atoms with Gasteiger partial charge < -0.3 is 10.6 Å². The van der Waals surface area contributed by atoms with Crippen LogP contribution >= 0.6 is 11.3 Å². The standard InChI is InChI=1S/C15H18FN3OS/c1-2-3-8-17-14(20)9-13-10-21-15(19-13)18-12-6-4-11(16)5-7-12/h4-7,10H,2-3,8-9H2,1H3,(H,17,20)(H,18,19). The van der Waals surface area contributed by atoms with E-state index in [0.717, 1.165) is 24.2 Å². The Morgan fingerprint density at radius 1 is 1.33 bits per heavy atom. The normalized spacial score (nSPS) is 10.4. The molecule has 2 rings (SSSR count). The maximum Gasteiger partial charge on any atom is 0.226 e. The number of unbranched alkanes of at least 4 members (excludes halogenated alkanes) is 1. The van der Waals surface area contributed by atoms with Gasteiger partial charge in [0.25, 0.3) is 0 Å². The summed E-state index contributed by atoms with van der Waals surface area (Å²) in [5, 5.41) is 8.49. The Balaban J connectivity index is 1.86. The highest BCUT2D eigenvalue weighted by Crippen LogP contribution is 2.21. The van der Waals surface area contributed by atoms with E-state index in [2.05, 4.69) is 22.5 Å². The Bertz CT molecular complexity index is 583. The summed E-state index contributed by atoms with van der Waals surface area (Å²) in [4.78, 5) is 16.0. The number of amides is 1. The topological polar surface area (TPSA) is 54.0 Å². The van der Waals surface area contributed by atoms with Crippen LogP contribution in [-0.2, 0) is 11.2 Å². The predicted molar refractivity (Wildman–Crippen MR) is 83.4 cm³/mol. The fourth-order valence-corrected chi connectivity index (χ4v) is 2.46. The molecule has 0 aliphatic rings. The number of carbonyl (C=O) groups excluding carboxylic acids is 1. The van der Waals surface area contributed by atoms with Gasteiger partial charge in [-0.25, -0.2) is 9.37 Å². The van der Waals surface area contributed by atoms with Crippen LogP contribution in [0.15, 0.2) is 29.6 Å². The minimum atomic E-state index is -0.274. The molecule has 1 aromatic carbocycles. The van der Waals surface area contributed by atoms with Crippen LogP contribution in [0.3, 0.4) is 0 Å². The molecule has 1 amide bonds. The highest BCUT2D eigenvalue weighted by Gasteiger charge is 2.07. The summed E-state index contributed by atoms with van der Waals surface area (Å²) in [6, 6.07) is 6.07. The van der Waals surface area contributed by atoms with Gasteiger partial charge in [-0.15, -0.1) is 11.3 Å². The molecule has 0 bridgehead atoms. The van der Waals surface area contributed by atoms with Crippen LogP contribution in [-0.4, -0.2) is 17.4 Å². The maximum absolute atomic E-state index is 12.8. The summed E-state index contributed by atoms with van der Waals surface area (Å²) < 4.78 is 12.8. The lowest BCUT2D eigenvalue weighted by molar-refractivity contribution is -0.120. The molecule has 0 fully saturated rings. The third kappa shape index (κ3) is 5.15. The van der Waals surface area contributed by atoms with E-state index in [-0.39, 0.29) is 18.1 Å². The predicted octanol–water partition coefficient (Wildman–Crippen LogP) is 3.48. The van der Waals surface area contributed by atoms with Crippen molar-refractivity contribution < 1.29 is 9.18 Å². The van der Waals surface area contributed by atoms with Crippen molar-refractivity contribution >= 4 is 28.1 Å². The molecule has 0 atom stereocenters. The molecule has 2 aromatic rings. The van der Waals surface area contributed by atoms with Crippen LogP contribution in [0.1, 0.15) is 25.5 Å². The lowest BCUT2D eigenvalue weighted by atomic mass is 10.3. The average Bonchev–Trinajstić information content (AvgIpc) is 2.89. The second-order valence-corrected chi connectivity index (χ2v) is 5.51. The van der Waals surface area contributed by atoms with E-state index in [1.54, 1.807) is 12.1 Å². The van der Waals surface area contributed by atoms with Gasteiger partial charge in [-0.3, -0.25) is 4.79 Å². The van der Waals surface area contributed by atoms with Gasteiger partial charge in [-0.05, 0) is 30.7 Å². The number of hydrogen-bond acceptors (Lipinski definition) is 4. The highest BCUT2D eigenvalue weighted by atomic mass is 32.1. The molecule has 1 aromatic heterocycles. The van der Waals surface area contributed by atoms with Crippen LogP contribution in [0.25, 0.3) is 0 Å². The summed E-state index contributed by atoms with van der Waals surface area (Å²) >= 11 is 1.42. The van der Waals surface area contributed by atoms with E-state index < -0.39 is 0 Å². The number of nitrogens with one attached hydrogen (secondary N) is 2. The Kier molecular flexibility index (Phi) is 5.68. The van der Waals surface area contributed by atoms with Crippen molar-refractivity contribution in [2.45, 2.75) is 26.2 Å². The van der Waals surface area contributed by atoms with Gasteiger partial charge in [-0.2, -0.15) is 0 Å². The minimum absolute atomic E-state index is 0.0120. The Morgan fingerprint density at radius 3 is 2.81 bits per heavy atom. The Labute approximate surface area is 127 Å². The van der Waals surface area contributed by atoms with Crippen molar-refractivity contribution in [2.24, 2.45) is 0 Å². The largest absolute Gasteiger partial charge is 0.356 e. The smallest absolute Gasteiger partial charge is 0.226 e. The fourth-order valence-electron chi connectivity index (χ4n) is 1.73. The van der Waals surface area contributed by atoms with E-state index in [1.807, 2.05) is 5.38 Å². The molecule has 0 aliphatic carbocycles. The van der Waals surface area contributed by atoms with Crippen molar-refractivity contribution in [3.8, 4) is 0 Å². The molecule has 21 heavy (non-hydrogen) atoms. The minimum Gasteiger partial charge on any atom is -0.356 e. The third-order valence-corrected chi connectivity index (χ3v) is 3.65. The molecule has 0 aliphatic heterocycles. The molecule has 0 saturated heterocycles. The maximum atomic E-state index is 12.8. The summed E-state index contributed by atoms with van der Waals surface area (Å²) in [6.07, 6.45) is 2.33. The van der Waals surface area contributed by atoms with Crippen molar-refractivity contribution in [1.29, 1.82) is 0 Å². The second-order valence-electron chi connectivity index (χ2n) is 4.66. The summed E-state index contributed by atoms with van der Waals surface area (Å²) in [5.74, 6) is -0.286. The molecular formula is C15H18FN3OS. The van der Waals surface area contributed by atoms with Crippen LogP contribution in [0.2, 0.25) is 0 Å². The van der Waals surface area contributed by atoms with E-state index >= 15 is 0 Å². The summed E-state index contributed by atoms with van der Waals surface area (Å²) in [6.45, 7) is 2.79. The number of nitrogens with zero attached hydrogens (tertiary/aromatic N) is 1. The van der Waals surface area contributed by atoms with E-state index in [0.29, 0.717) is 11.7 Å². The van der Waals surface area contributed by atoms with Gasteiger partial charge >= 0.3 is 0 Å². The molecule has 4 nitrogen and oxygen atoms in total. The Hall–Kier alpha value is -1.95. The van der Waals surface area contributed by atoms with E-state index in [4.69, 9.17) is 0 Å². The van der Waals surface area contributed by atoms with Gasteiger partial charge in [0.2, 0.25) is 5.91 Å².